The van der Waals surface area contributed by atoms with Crippen LogP contribution in [0.3, 0.4) is 0 Å². The smallest absolute Gasteiger partial charge is 0.251 e. The number of hydrogen-bond donors (Lipinski definition) is 0. The number of ether oxygens (including phenoxy) is 1. The molecule has 3 nitrogen and oxygen atoms in total. The summed E-state index contributed by atoms with van der Waals surface area (Å²) in [5, 5.41) is 2.46. The zero-order chi connectivity index (χ0) is 24.7. The van der Waals surface area contributed by atoms with E-state index in [1.807, 2.05) is 24.3 Å². The van der Waals surface area contributed by atoms with Crippen molar-refractivity contribution in [2.45, 2.75) is 87.9 Å². The number of nitrogens with zero attached hydrogens (tertiary/aromatic N) is 2. The number of halogens is 2. The molecule has 1 saturated heterocycles. The number of hydrogen-bond acceptors (Lipinski definition) is 3. The third kappa shape index (κ3) is 3.18. The fraction of sp³-hybridized carbons (Fsp3) is 0.581. The van der Waals surface area contributed by atoms with Crippen LogP contribution in [-0.2, 0) is 4.74 Å². The van der Waals surface area contributed by atoms with E-state index < -0.39 is 6.43 Å². The van der Waals surface area contributed by atoms with Gasteiger partial charge in [-0.2, -0.15) is 0 Å². The van der Waals surface area contributed by atoms with Crippen LogP contribution in [0.4, 0.5) is 8.78 Å². The minimum Gasteiger partial charge on any atom is -0.359 e. The molecular weight excluding hydrogens is 454 g/mol. The van der Waals surface area contributed by atoms with E-state index in [1.54, 1.807) is 0 Å². The van der Waals surface area contributed by atoms with Gasteiger partial charge in [-0.1, -0.05) is 31.2 Å². The molecule has 36 heavy (non-hydrogen) atoms. The van der Waals surface area contributed by atoms with Gasteiger partial charge in [0.25, 0.3) is 6.43 Å². The first kappa shape index (κ1) is 23.0. The van der Waals surface area contributed by atoms with Gasteiger partial charge in [0.1, 0.15) is 0 Å². The van der Waals surface area contributed by atoms with Crippen molar-refractivity contribution in [1.82, 2.24) is 9.88 Å². The van der Waals surface area contributed by atoms with Crippen LogP contribution >= 0.6 is 0 Å². The van der Waals surface area contributed by atoms with Gasteiger partial charge in [-0.25, -0.2) is 8.78 Å². The van der Waals surface area contributed by atoms with Crippen LogP contribution in [0.2, 0.25) is 0 Å². The predicted octanol–water partition coefficient (Wildman–Crippen LogP) is 7.04. The second kappa shape index (κ2) is 7.94. The monoisotopic (exact) mass is 490 g/mol. The maximum Gasteiger partial charge on any atom is 0.251 e. The molecule has 2 bridgehead atoms. The molecule has 2 spiro atoms. The summed E-state index contributed by atoms with van der Waals surface area (Å²) >= 11 is 0. The van der Waals surface area contributed by atoms with Crippen LogP contribution in [0, 0.1) is 11.3 Å². The van der Waals surface area contributed by atoms with Gasteiger partial charge >= 0.3 is 0 Å². The third-order valence-corrected chi connectivity index (χ3v) is 10.8. The second-order valence-electron chi connectivity index (χ2n) is 12.4. The highest BCUT2D eigenvalue weighted by molar-refractivity contribution is 5.82. The molecular formula is C31H36F2N2O. The lowest BCUT2D eigenvalue weighted by molar-refractivity contribution is -0.141. The van der Waals surface area contributed by atoms with Crippen molar-refractivity contribution in [2.75, 3.05) is 13.6 Å². The molecule has 0 amide bonds. The van der Waals surface area contributed by atoms with Gasteiger partial charge in [-0.05, 0) is 110 Å². The van der Waals surface area contributed by atoms with Crippen LogP contribution in [0.15, 0.2) is 60.0 Å². The average Bonchev–Trinajstić information content (AvgIpc) is 3.38. The maximum atomic E-state index is 13.1. The van der Waals surface area contributed by atoms with E-state index in [1.165, 1.54) is 40.3 Å². The van der Waals surface area contributed by atoms with Gasteiger partial charge in [0, 0.05) is 23.8 Å². The average molecular weight is 491 g/mol. The van der Waals surface area contributed by atoms with E-state index in [0.29, 0.717) is 11.8 Å². The summed E-state index contributed by atoms with van der Waals surface area (Å²) in [5.74, 6) is 0.983. The molecule has 6 atom stereocenters. The summed E-state index contributed by atoms with van der Waals surface area (Å²) in [5.41, 5.74) is 3.94. The molecule has 1 aromatic carbocycles. The summed E-state index contributed by atoms with van der Waals surface area (Å²) in [7, 11) is 1.86. The maximum absolute atomic E-state index is 13.1. The summed E-state index contributed by atoms with van der Waals surface area (Å²) in [4.78, 5) is 6.23. The third-order valence-electron chi connectivity index (χ3n) is 10.8. The molecule has 3 heterocycles. The predicted molar refractivity (Wildman–Crippen MR) is 138 cm³/mol. The Morgan fingerprint density at radius 2 is 2.03 bits per heavy atom. The number of alkyl halides is 2. The van der Waals surface area contributed by atoms with E-state index in [0.717, 1.165) is 38.5 Å². The first-order valence-electron chi connectivity index (χ1n) is 13.8. The number of allylic oxidation sites excluding steroid dienone is 1. The Morgan fingerprint density at radius 3 is 2.89 bits per heavy atom. The van der Waals surface area contributed by atoms with Gasteiger partial charge in [0.15, 0.2) is 0 Å². The van der Waals surface area contributed by atoms with E-state index in [2.05, 4.69) is 48.3 Å². The van der Waals surface area contributed by atoms with Crippen molar-refractivity contribution in [1.29, 1.82) is 0 Å². The molecule has 3 fully saturated rings. The van der Waals surface area contributed by atoms with E-state index in [-0.39, 0.29) is 29.2 Å². The second-order valence-corrected chi connectivity index (χ2v) is 12.4. The summed E-state index contributed by atoms with van der Waals surface area (Å²) in [6.45, 7) is 2.35. The Hall–Kier alpha value is -2.11. The summed E-state index contributed by atoms with van der Waals surface area (Å²) < 4.78 is 33.6. The van der Waals surface area contributed by atoms with Crippen molar-refractivity contribution in [2.24, 2.45) is 11.3 Å². The molecule has 2 aromatic rings. The zero-order valence-corrected chi connectivity index (χ0v) is 21.4. The number of rotatable bonds is 4. The van der Waals surface area contributed by atoms with Crippen LogP contribution in [0.25, 0.3) is 10.8 Å². The molecule has 3 aliphatic carbocycles. The Kier molecular flexibility index (Phi) is 5.08. The van der Waals surface area contributed by atoms with Crippen molar-refractivity contribution in [3.63, 3.8) is 0 Å². The zero-order valence-electron chi connectivity index (χ0n) is 21.4. The van der Waals surface area contributed by atoms with E-state index >= 15 is 0 Å². The fourth-order valence-corrected chi connectivity index (χ4v) is 8.99. The first-order chi connectivity index (χ1) is 17.3. The Morgan fingerprint density at radius 1 is 1.14 bits per heavy atom. The largest absolute Gasteiger partial charge is 0.359 e. The normalized spacial score (nSPS) is 39.1. The SMILES string of the molecule is CN(CC(F)F)C1CCC2=CC3=CC[C@]4(C)C(c5ccc6ccncc6c5)CC[C@H]4[C@@]34CC[C@]2(C1)O4. The lowest BCUT2D eigenvalue weighted by Crippen LogP contribution is -2.55. The van der Waals surface area contributed by atoms with Crippen molar-refractivity contribution in [3.05, 3.63) is 65.5 Å². The summed E-state index contributed by atoms with van der Waals surface area (Å²) in [6.07, 6.45) is 14.8. The van der Waals surface area contributed by atoms with Crippen LogP contribution < -0.4 is 0 Å². The number of aromatic nitrogens is 1. The number of pyridine rings is 1. The highest BCUT2D eigenvalue weighted by atomic mass is 19.3. The molecule has 5 heteroatoms. The Labute approximate surface area is 212 Å². The van der Waals surface area contributed by atoms with E-state index in [9.17, 15) is 8.78 Å². The lowest BCUT2D eigenvalue weighted by Gasteiger charge is -2.55. The van der Waals surface area contributed by atoms with Gasteiger partial charge in [0.2, 0.25) is 0 Å². The van der Waals surface area contributed by atoms with Gasteiger partial charge in [0.05, 0.1) is 17.7 Å². The fourth-order valence-electron chi connectivity index (χ4n) is 8.99. The molecule has 190 valence electrons. The van der Waals surface area contributed by atoms with Crippen molar-refractivity contribution in [3.8, 4) is 0 Å². The highest BCUT2D eigenvalue weighted by Crippen LogP contribution is 2.69. The topological polar surface area (TPSA) is 25.4 Å². The lowest BCUT2D eigenvalue weighted by atomic mass is 9.58. The molecule has 0 radical (unpaired) electrons. The molecule has 2 aliphatic heterocycles. The Balaban J connectivity index is 1.22. The Bertz CT molecular complexity index is 1270. The molecule has 1 aromatic heterocycles. The minimum absolute atomic E-state index is 0.150. The quantitative estimate of drug-likeness (QED) is 0.460. The first-order valence-corrected chi connectivity index (χ1v) is 13.8. The number of fused-ring (bicyclic) bond motifs is 2. The van der Waals surface area contributed by atoms with Gasteiger partial charge in [-0.3, -0.25) is 9.88 Å². The molecule has 2 saturated carbocycles. The number of benzene rings is 1. The van der Waals surface area contributed by atoms with Crippen LogP contribution in [0.1, 0.15) is 69.8 Å². The van der Waals surface area contributed by atoms with Crippen molar-refractivity contribution < 1.29 is 13.5 Å². The summed E-state index contributed by atoms with van der Waals surface area (Å²) in [6, 6.07) is 9.19. The van der Waals surface area contributed by atoms with Gasteiger partial charge in [-0.15, -0.1) is 0 Å². The van der Waals surface area contributed by atoms with Crippen molar-refractivity contribution >= 4 is 10.8 Å². The van der Waals surface area contributed by atoms with E-state index in [4.69, 9.17) is 4.74 Å². The van der Waals surface area contributed by atoms with Crippen LogP contribution in [-0.4, -0.2) is 47.1 Å². The standard InChI is InChI=1S/C31H36F2N2O/c1-29-11-9-24-16-23-5-6-25(35(2)19-28(32)33)17-30(23)12-13-31(24,36-30)27(29)8-7-26(29)21-4-3-20-10-14-34-18-22(20)15-21/h3-4,9-10,14-16,18,25-28H,5-8,11-13,17,19H2,1-2H3/t25?,26?,27-,29-,30-,31-/m1/s1. The van der Waals surface area contributed by atoms with Crippen LogP contribution in [0.5, 0.6) is 0 Å². The molecule has 2 unspecified atom stereocenters. The van der Waals surface area contributed by atoms with Gasteiger partial charge < -0.3 is 4.74 Å². The molecule has 5 aliphatic rings. The molecule has 7 rings (SSSR count). The highest BCUT2D eigenvalue weighted by Gasteiger charge is 2.66. The minimum atomic E-state index is -2.29. The molecule has 0 N–H and O–H groups in total.